The van der Waals surface area contributed by atoms with Gasteiger partial charge in [-0.3, -0.25) is 14.2 Å². The zero-order valence-electron chi connectivity index (χ0n) is 10.6. The van der Waals surface area contributed by atoms with E-state index in [1.807, 2.05) is 0 Å². The van der Waals surface area contributed by atoms with E-state index in [1.54, 1.807) is 7.05 Å². The number of aryl methyl sites for hydroxylation is 1. The van der Waals surface area contributed by atoms with Gasteiger partial charge in [0.25, 0.3) is 5.56 Å². The molecule has 0 spiro atoms. The van der Waals surface area contributed by atoms with Crippen LogP contribution in [0.2, 0.25) is 0 Å². The van der Waals surface area contributed by atoms with Gasteiger partial charge in [-0.15, -0.1) is 0 Å². The molecule has 3 N–H and O–H groups in total. The van der Waals surface area contributed by atoms with E-state index < -0.39 is 0 Å². The van der Waals surface area contributed by atoms with Gasteiger partial charge in [0, 0.05) is 38.8 Å². The highest BCUT2D eigenvalue weighted by atomic mass is 16.2. The van der Waals surface area contributed by atoms with Crippen LogP contribution in [0, 0.1) is 0 Å². The summed E-state index contributed by atoms with van der Waals surface area (Å²) in [4.78, 5) is 33.7. The fourth-order valence-electron chi connectivity index (χ4n) is 1.62. The minimum absolute atomic E-state index is 0.305. The van der Waals surface area contributed by atoms with Gasteiger partial charge >= 0.3 is 5.69 Å². The van der Waals surface area contributed by atoms with Crippen LogP contribution in [0.1, 0.15) is 18.4 Å². The SMILES string of the molecule is Cn1cc(CNCCCC(N)=O)c(=O)n(C)c1=O. The van der Waals surface area contributed by atoms with E-state index in [-0.39, 0.29) is 17.2 Å². The van der Waals surface area contributed by atoms with Gasteiger partial charge in [-0.25, -0.2) is 4.79 Å². The van der Waals surface area contributed by atoms with Crippen LogP contribution in [0.5, 0.6) is 0 Å². The van der Waals surface area contributed by atoms with Crippen LogP contribution in [0.4, 0.5) is 0 Å². The van der Waals surface area contributed by atoms with E-state index in [1.165, 1.54) is 17.8 Å². The lowest BCUT2D eigenvalue weighted by Gasteiger charge is -2.07. The first-order valence-corrected chi connectivity index (χ1v) is 5.68. The van der Waals surface area contributed by atoms with Gasteiger partial charge in [-0.1, -0.05) is 0 Å². The maximum Gasteiger partial charge on any atom is 0.330 e. The topological polar surface area (TPSA) is 99.1 Å². The molecule has 1 amide bonds. The summed E-state index contributed by atoms with van der Waals surface area (Å²) in [6, 6.07) is 0. The summed E-state index contributed by atoms with van der Waals surface area (Å²) in [7, 11) is 3.04. The van der Waals surface area contributed by atoms with E-state index in [9.17, 15) is 14.4 Å². The van der Waals surface area contributed by atoms with Crippen LogP contribution in [-0.4, -0.2) is 21.6 Å². The Morgan fingerprint density at radius 3 is 2.67 bits per heavy atom. The van der Waals surface area contributed by atoms with Crippen LogP contribution in [0.3, 0.4) is 0 Å². The quantitative estimate of drug-likeness (QED) is 0.600. The zero-order chi connectivity index (χ0) is 13.7. The number of aromatic nitrogens is 2. The number of nitrogens with one attached hydrogen (secondary N) is 1. The lowest BCUT2D eigenvalue weighted by atomic mass is 10.3. The van der Waals surface area contributed by atoms with Gasteiger partial charge in [0.15, 0.2) is 0 Å². The maximum atomic E-state index is 11.7. The number of primary amides is 1. The number of carbonyl (C=O) groups excluding carboxylic acids is 1. The fourth-order valence-corrected chi connectivity index (χ4v) is 1.62. The van der Waals surface area contributed by atoms with E-state index in [2.05, 4.69) is 5.32 Å². The Labute approximate surface area is 104 Å². The Morgan fingerprint density at radius 2 is 2.06 bits per heavy atom. The number of hydrogen-bond acceptors (Lipinski definition) is 4. The van der Waals surface area contributed by atoms with Crippen molar-refractivity contribution in [3.8, 4) is 0 Å². The first-order chi connectivity index (χ1) is 8.43. The lowest BCUT2D eigenvalue weighted by molar-refractivity contribution is -0.118. The molecule has 1 aromatic heterocycles. The van der Waals surface area contributed by atoms with Crippen molar-refractivity contribution in [1.29, 1.82) is 0 Å². The molecular weight excluding hydrogens is 236 g/mol. The number of nitrogens with zero attached hydrogens (tertiary/aromatic N) is 2. The Bertz CT molecular complexity index is 544. The van der Waals surface area contributed by atoms with Gasteiger partial charge in [0.1, 0.15) is 0 Å². The Hall–Kier alpha value is -1.89. The average molecular weight is 254 g/mol. The summed E-state index contributed by atoms with van der Waals surface area (Å²) in [5, 5.41) is 3.04. The molecule has 1 aromatic rings. The van der Waals surface area contributed by atoms with Crippen molar-refractivity contribution in [2.45, 2.75) is 19.4 Å². The molecule has 100 valence electrons. The second kappa shape index (κ2) is 6.15. The predicted octanol–water partition coefficient (Wildman–Crippen LogP) is -1.56. The molecule has 0 radical (unpaired) electrons. The summed E-state index contributed by atoms with van der Waals surface area (Å²) in [6.07, 6.45) is 2.46. The average Bonchev–Trinajstić information content (AvgIpc) is 2.32. The smallest absolute Gasteiger partial charge is 0.330 e. The van der Waals surface area contributed by atoms with E-state index in [0.29, 0.717) is 31.5 Å². The minimum atomic E-state index is -0.350. The monoisotopic (exact) mass is 254 g/mol. The van der Waals surface area contributed by atoms with Crippen LogP contribution in [0.25, 0.3) is 0 Å². The van der Waals surface area contributed by atoms with Crippen LogP contribution in [-0.2, 0) is 25.4 Å². The molecule has 1 rings (SSSR count). The molecule has 0 atom stereocenters. The van der Waals surface area contributed by atoms with Crippen molar-refractivity contribution < 1.29 is 4.79 Å². The Balaban J connectivity index is 2.61. The second-order valence-corrected chi connectivity index (χ2v) is 4.16. The molecule has 0 aliphatic carbocycles. The molecule has 7 nitrogen and oxygen atoms in total. The third-order valence-corrected chi connectivity index (χ3v) is 2.61. The summed E-state index contributed by atoms with van der Waals surface area (Å²) in [5.74, 6) is -0.338. The molecule has 1 heterocycles. The minimum Gasteiger partial charge on any atom is -0.370 e. The highest BCUT2D eigenvalue weighted by Gasteiger charge is 2.05. The highest BCUT2D eigenvalue weighted by molar-refractivity contribution is 5.73. The molecule has 0 saturated heterocycles. The Morgan fingerprint density at radius 1 is 1.39 bits per heavy atom. The van der Waals surface area contributed by atoms with E-state index in [4.69, 9.17) is 5.73 Å². The van der Waals surface area contributed by atoms with Crippen molar-refractivity contribution >= 4 is 5.91 Å². The first-order valence-electron chi connectivity index (χ1n) is 5.68. The third-order valence-electron chi connectivity index (χ3n) is 2.61. The van der Waals surface area contributed by atoms with Crippen molar-refractivity contribution in [3.05, 3.63) is 32.6 Å². The van der Waals surface area contributed by atoms with Gasteiger partial charge in [-0.2, -0.15) is 0 Å². The van der Waals surface area contributed by atoms with Crippen molar-refractivity contribution in [1.82, 2.24) is 14.5 Å². The molecule has 18 heavy (non-hydrogen) atoms. The number of nitrogens with two attached hydrogens (primary N) is 1. The molecule has 0 bridgehead atoms. The van der Waals surface area contributed by atoms with Gasteiger partial charge in [0.05, 0.1) is 0 Å². The van der Waals surface area contributed by atoms with Crippen molar-refractivity contribution in [2.75, 3.05) is 6.54 Å². The lowest BCUT2D eigenvalue weighted by Crippen LogP contribution is -2.39. The Kier molecular flexibility index (Phi) is 4.85. The second-order valence-electron chi connectivity index (χ2n) is 4.16. The first kappa shape index (κ1) is 14.2. The molecule has 0 aromatic carbocycles. The normalized spacial score (nSPS) is 10.6. The van der Waals surface area contributed by atoms with E-state index >= 15 is 0 Å². The van der Waals surface area contributed by atoms with Crippen molar-refractivity contribution in [3.63, 3.8) is 0 Å². The molecule has 0 fully saturated rings. The largest absolute Gasteiger partial charge is 0.370 e. The van der Waals surface area contributed by atoms with Gasteiger partial charge in [0.2, 0.25) is 5.91 Å². The van der Waals surface area contributed by atoms with Crippen LogP contribution in [0.15, 0.2) is 15.8 Å². The number of carbonyl (C=O) groups is 1. The summed E-state index contributed by atoms with van der Waals surface area (Å²) >= 11 is 0. The fraction of sp³-hybridized carbons (Fsp3) is 0.545. The zero-order valence-corrected chi connectivity index (χ0v) is 10.6. The van der Waals surface area contributed by atoms with Crippen LogP contribution >= 0.6 is 0 Å². The van der Waals surface area contributed by atoms with Gasteiger partial charge < -0.3 is 15.6 Å². The molecule has 0 unspecified atom stereocenters. The molecular formula is C11H18N4O3. The highest BCUT2D eigenvalue weighted by Crippen LogP contribution is 1.89. The summed E-state index contributed by atoms with van der Waals surface area (Å²) in [5.41, 5.74) is 4.87. The molecule has 0 aliphatic rings. The summed E-state index contributed by atoms with van der Waals surface area (Å²) in [6.45, 7) is 0.953. The standard InChI is InChI=1S/C11H18N4O3/c1-14-7-8(10(17)15(2)11(14)18)6-13-5-3-4-9(12)16/h7,13H,3-6H2,1-2H3,(H2,12,16). The van der Waals surface area contributed by atoms with E-state index in [0.717, 1.165) is 4.57 Å². The van der Waals surface area contributed by atoms with Crippen molar-refractivity contribution in [2.24, 2.45) is 19.8 Å². The molecule has 0 aliphatic heterocycles. The number of hydrogen-bond donors (Lipinski definition) is 2. The molecule has 7 heteroatoms. The summed E-state index contributed by atoms with van der Waals surface area (Å²) < 4.78 is 2.43. The van der Waals surface area contributed by atoms with Crippen LogP contribution < -0.4 is 22.3 Å². The predicted molar refractivity (Wildman–Crippen MR) is 67.1 cm³/mol. The van der Waals surface area contributed by atoms with Gasteiger partial charge in [-0.05, 0) is 13.0 Å². The molecule has 0 saturated carbocycles. The number of amides is 1. The number of rotatable bonds is 6. The maximum absolute atomic E-state index is 11.7. The third kappa shape index (κ3) is 3.56.